The molecule has 0 amide bonds. The molecule has 0 spiro atoms. The number of hydrogen-bond donors (Lipinski definition) is 1. The molecule has 112 valence electrons. The smallest absolute Gasteiger partial charge is 0.308 e. The molecule has 0 bridgehead atoms. The van der Waals surface area contributed by atoms with Gasteiger partial charge in [0.25, 0.3) is 10.2 Å². The highest BCUT2D eigenvalue weighted by atomic mass is 32.2. The molecule has 0 unspecified atom stereocenters. The molecule has 6 nitrogen and oxygen atoms in total. The van der Waals surface area contributed by atoms with Gasteiger partial charge in [0.1, 0.15) is 0 Å². The molecule has 19 heavy (non-hydrogen) atoms. The Labute approximate surface area is 115 Å². The van der Waals surface area contributed by atoms with Gasteiger partial charge >= 0.3 is 5.97 Å². The molecule has 1 aliphatic heterocycles. The van der Waals surface area contributed by atoms with Crippen molar-refractivity contribution < 1.29 is 18.3 Å². The molecule has 0 aromatic heterocycles. The Kier molecular flexibility index (Phi) is 5.76. The second-order valence-corrected chi connectivity index (χ2v) is 7.07. The van der Waals surface area contributed by atoms with Crippen molar-refractivity contribution in [2.75, 3.05) is 26.2 Å². The third-order valence-corrected chi connectivity index (χ3v) is 5.46. The summed E-state index contributed by atoms with van der Waals surface area (Å²) in [5.41, 5.74) is 0. The largest absolute Gasteiger partial charge is 0.481 e. The number of carbonyl (C=O) groups is 1. The van der Waals surface area contributed by atoms with Crippen LogP contribution in [0.25, 0.3) is 0 Å². The van der Waals surface area contributed by atoms with Crippen molar-refractivity contribution in [3.8, 4) is 0 Å². The lowest BCUT2D eigenvalue weighted by molar-refractivity contribution is -0.142. The van der Waals surface area contributed by atoms with E-state index in [0.29, 0.717) is 19.6 Å². The van der Waals surface area contributed by atoms with Crippen LogP contribution in [0.4, 0.5) is 0 Å². The molecule has 1 heterocycles. The molecular formula is C12H24N2O4S. The number of carboxylic acids is 1. The standard InChI is InChI=1S/C12H24N2O4S/c1-4-6-13(7-5-2)19(17,18)14-8-10(3)11(9-14)12(15)16/h10-11H,4-9H2,1-3H3,(H,15,16)/t10-,11-/m1/s1. The summed E-state index contributed by atoms with van der Waals surface area (Å²) in [7, 11) is -3.52. The molecule has 7 heteroatoms. The van der Waals surface area contributed by atoms with E-state index in [-0.39, 0.29) is 12.5 Å². The van der Waals surface area contributed by atoms with Crippen LogP contribution in [-0.4, -0.2) is 54.3 Å². The summed E-state index contributed by atoms with van der Waals surface area (Å²) in [6, 6.07) is 0. The molecule has 1 N–H and O–H groups in total. The highest BCUT2D eigenvalue weighted by Gasteiger charge is 2.41. The van der Waals surface area contributed by atoms with Gasteiger partial charge in [-0.2, -0.15) is 17.0 Å². The van der Waals surface area contributed by atoms with E-state index in [2.05, 4.69) is 0 Å². The number of aliphatic carboxylic acids is 1. The lowest BCUT2D eigenvalue weighted by Crippen LogP contribution is -2.43. The maximum absolute atomic E-state index is 12.5. The first-order valence-electron chi connectivity index (χ1n) is 6.82. The zero-order valence-electron chi connectivity index (χ0n) is 11.9. The minimum Gasteiger partial charge on any atom is -0.481 e. The van der Waals surface area contributed by atoms with Gasteiger partial charge in [0.05, 0.1) is 5.92 Å². The summed E-state index contributed by atoms with van der Waals surface area (Å²) in [5, 5.41) is 9.08. The molecular weight excluding hydrogens is 268 g/mol. The first kappa shape index (κ1) is 16.4. The van der Waals surface area contributed by atoms with Gasteiger partial charge in [0.15, 0.2) is 0 Å². The lowest BCUT2D eigenvalue weighted by Gasteiger charge is -2.26. The predicted octanol–water partition coefficient (Wildman–Crippen LogP) is 1.01. The first-order chi connectivity index (χ1) is 8.84. The molecule has 0 aromatic rings. The average molecular weight is 292 g/mol. The van der Waals surface area contributed by atoms with Crippen LogP contribution >= 0.6 is 0 Å². The molecule has 2 atom stereocenters. The molecule has 1 rings (SSSR count). The second kappa shape index (κ2) is 6.67. The second-order valence-electron chi connectivity index (χ2n) is 5.15. The Hall–Kier alpha value is -0.660. The predicted molar refractivity (Wildman–Crippen MR) is 72.9 cm³/mol. The van der Waals surface area contributed by atoms with Crippen LogP contribution in [-0.2, 0) is 15.0 Å². The lowest BCUT2D eigenvalue weighted by atomic mass is 9.99. The zero-order chi connectivity index (χ0) is 14.6. The van der Waals surface area contributed by atoms with Crippen LogP contribution in [0.15, 0.2) is 0 Å². The Balaban J connectivity index is 2.85. The van der Waals surface area contributed by atoms with Gasteiger partial charge in [-0.25, -0.2) is 0 Å². The van der Waals surface area contributed by atoms with Gasteiger partial charge in [-0.15, -0.1) is 0 Å². The Morgan fingerprint density at radius 3 is 2.16 bits per heavy atom. The van der Waals surface area contributed by atoms with Gasteiger partial charge in [0, 0.05) is 26.2 Å². The summed E-state index contributed by atoms with van der Waals surface area (Å²) in [6.07, 6.45) is 1.51. The van der Waals surface area contributed by atoms with Crippen molar-refractivity contribution in [2.45, 2.75) is 33.6 Å². The van der Waals surface area contributed by atoms with E-state index in [1.54, 1.807) is 6.92 Å². The molecule has 0 aromatic carbocycles. The number of rotatable bonds is 7. The first-order valence-corrected chi connectivity index (χ1v) is 8.22. The SMILES string of the molecule is CCCN(CCC)S(=O)(=O)N1C[C@@H](C)[C@H](C(=O)O)C1. The third-order valence-electron chi connectivity index (χ3n) is 3.49. The van der Waals surface area contributed by atoms with E-state index in [1.807, 2.05) is 13.8 Å². The van der Waals surface area contributed by atoms with Crippen molar-refractivity contribution in [2.24, 2.45) is 11.8 Å². The highest BCUT2D eigenvalue weighted by Crippen LogP contribution is 2.27. The van der Waals surface area contributed by atoms with Crippen molar-refractivity contribution in [3.05, 3.63) is 0 Å². The summed E-state index contributed by atoms with van der Waals surface area (Å²) in [5.74, 6) is -1.65. The van der Waals surface area contributed by atoms with E-state index in [4.69, 9.17) is 5.11 Å². The maximum Gasteiger partial charge on any atom is 0.308 e. The van der Waals surface area contributed by atoms with Gasteiger partial charge in [-0.1, -0.05) is 20.8 Å². The van der Waals surface area contributed by atoms with Crippen molar-refractivity contribution in [1.82, 2.24) is 8.61 Å². The van der Waals surface area contributed by atoms with Gasteiger partial charge in [-0.05, 0) is 18.8 Å². The van der Waals surface area contributed by atoms with Crippen LogP contribution in [0, 0.1) is 11.8 Å². The normalized spacial score (nSPS) is 25.1. The summed E-state index contributed by atoms with van der Waals surface area (Å²) in [6.45, 7) is 7.01. The molecule has 0 aliphatic carbocycles. The van der Waals surface area contributed by atoms with E-state index in [0.717, 1.165) is 12.8 Å². The van der Waals surface area contributed by atoms with E-state index in [1.165, 1.54) is 8.61 Å². The molecule has 1 fully saturated rings. The number of carboxylic acid groups (broad SMARTS) is 1. The quantitative estimate of drug-likeness (QED) is 0.759. The topological polar surface area (TPSA) is 77.9 Å². The monoisotopic (exact) mass is 292 g/mol. The summed E-state index contributed by atoms with van der Waals surface area (Å²) < 4.78 is 27.8. The van der Waals surface area contributed by atoms with Crippen molar-refractivity contribution >= 4 is 16.2 Å². The van der Waals surface area contributed by atoms with Crippen LogP contribution in [0.1, 0.15) is 33.6 Å². The Bertz CT molecular complexity index is 404. The fraction of sp³-hybridized carbons (Fsp3) is 0.917. The Morgan fingerprint density at radius 2 is 1.79 bits per heavy atom. The van der Waals surface area contributed by atoms with Gasteiger partial charge in [0.2, 0.25) is 0 Å². The van der Waals surface area contributed by atoms with Gasteiger partial charge in [-0.3, -0.25) is 4.79 Å². The van der Waals surface area contributed by atoms with Gasteiger partial charge < -0.3 is 5.11 Å². The van der Waals surface area contributed by atoms with Crippen LogP contribution in [0.5, 0.6) is 0 Å². The fourth-order valence-corrected chi connectivity index (χ4v) is 4.36. The molecule has 1 saturated heterocycles. The summed E-state index contributed by atoms with van der Waals surface area (Å²) >= 11 is 0. The van der Waals surface area contributed by atoms with Crippen molar-refractivity contribution in [3.63, 3.8) is 0 Å². The number of nitrogens with zero attached hydrogens (tertiary/aromatic N) is 2. The minimum atomic E-state index is -3.52. The van der Waals surface area contributed by atoms with Crippen LogP contribution in [0.3, 0.4) is 0 Å². The maximum atomic E-state index is 12.5. The van der Waals surface area contributed by atoms with Crippen molar-refractivity contribution in [1.29, 1.82) is 0 Å². The molecule has 1 aliphatic rings. The fourth-order valence-electron chi connectivity index (χ4n) is 2.44. The Morgan fingerprint density at radius 1 is 1.26 bits per heavy atom. The third kappa shape index (κ3) is 3.67. The minimum absolute atomic E-state index is 0.0861. The van der Waals surface area contributed by atoms with E-state index < -0.39 is 22.1 Å². The number of hydrogen-bond acceptors (Lipinski definition) is 3. The van der Waals surface area contributed by atoms with E-state index in [9.17, 15) is 13.2 Å². The van der Waals surface area contributed by atoms with Crippen LogP contribution < -0.4 is 0 Å². The average Bonchev–Trinajstić information content (AvgIpc) is 2.72. The summed E-state index contributed by atoms with van der Waals surface area (Å²) in [4.78, 5) is 11.1. The zero-order valence-corrected chi connectivity index (χ0v) is 12.7. The highest BCUT2D eigenvalue weighted by molar-refractivity contribution is 7.86. The van der Waals surface area contributed by atoms with Crippen LogP contribution in [0.2, 0.25) is 0 Å². The van der Waals surface area contributed by atoms with E-state index >= 15 is 0 Å². The molecule has 0 saturated carbocycles. The molecule has 0 radical (unpaired) electrons.